The summed E-state index contributed by atoms with van der Waals surface area (Å²) < 4.78 is 22.7. The lowest BCUT2D eigenvalue weighted by molar-refractivity contribution is 0.106. The van der Waals surface area contributed by atoms with Crippen molar-refractivity contribution in [2.45, 2.75) is 0 Å². The van der Waals surface area contributed by atoms with Crippen molar-refractivity contribution < 1.29 is 18.9 Å². The first-order valence-corrected chi connectivity index (χ1v) is 8.53. The minimum Gasteiger partial charge on any atom is -0.457 e. The second-order valence-corrected chi connectivity index (χ2v) is 7.03. The average molecular weight is 357 g/mol. The van der Waals surface area contributed by atoms with Crippen molar-refractivity contribution in [3.8, 4) is 44.7 Å². The Balaban J connectivity index is 1.72. The van der Waals surface area contributed by atoms with E-state index in [0.717, 1.165) is 44.7 Å². The molecular formula is C17H11NO4S2. The van der Waals surface area contributed by atoms with E-state index in [4.69, 9.17) is 31.2 Å². The first kappa shape index (κ1) is 13.9. The van der Waals surface area contributed by atoms with Gasteiger partial charge in [-0.3, -0.25) is 0 Å². The number of nitrogens with one attached hydrogen (secondary N) is 1. The summed E-state index contributed by atoms with van der Waals surface area (Å²) in [5.74, 6) is 3.18. The van der Waals surface area contributed by atoms with Gasteiger partial charge in [0.1, 0.15) is 23.0 Å². The standard InChI is InChI=1S/C17H11NO4S2/c23-17-18-15(11-3-1-9-5-13(11)21-7-19-9)16(24-17)12-4-2-10-6-14(12)22-8-20-10/h1-6H,7-8H2,(H,18,23). The Hall–Kier alpha value is -2.51. The fourth-order valence-corrected chi connectivity index (χ4v) is 4.08. The van der Waals surface area contributed by atoms with Gasteiger partial charge in [0, 0.05) is 23.3 Å². The lowest BCUT2D eigenvalue weighted by Gasteiger charge is -2.20. The Morgan fingerprint density at radius 2 is 1.46 bits per heavy atom. The summed E-state index contributed by atoms with van der Waals surface area (Å²) >= 11 is 6.91. The van der Waals surface area contributed by atoms with Crippen molar-refractivity contribution in [3.63, 3.8) is 0 Å². The van der Waals surface area contributed by atoms with Crippen LogP contribution >= 0.6 is 23.6 Å². The number of hydrogen-bond donors (Lipinski definition) is 1. The molecule has 0 spiro atoms. The van der Waals surface area contributed by atoms with Gasteiger partial charge in [0.05, 0.1) is 10.6 Å². The van der Waals surface area contributed by atoms with Gasteiger partial charge in [0.2, 0.25) is 13.6 Å². The van der Waals surface area contributed by atoms with Crippen molar-refractivity contribution in [2.24, 2.45) is 0 Å². The highest BCUT2D eigenvalue weighted by Gasteiger charge is 2.22. The zero-order valence-electron chi connectivity index (χ0n) is 12.3. The molecule has 5 rings (SSSR count). The Labute approximate surface area is 146 Å². The number of thiazole rings is 1. The molecule has 0 saturated carbocycles. The van der Waals surface area contributed by atoms with Crippen LogP contribution in [0.2, 0.25) is 0 Å². The lowest BCUT2D eigenvalue weighted by Crippen LogP contribution is -2.11. The number of aromatic amines is 1. The first-order valence-electron chi connectivity index (χ1n) is 7.31. The molecule has 1 aromatic heterocycles. The van der Waals surface area contributed by atoms with E-state index in [9.17, 15) is 0 Å². The Morgan fingerprint density at radius 3 is 2.17 bits per heavy atom. The molecule has 0 atom stereocenters. The molecule has 5 nitrogen and oxygen atoms in total. The number of H-pyrrole nitrogens is 1. The Kier molecular flexibility index (Phi) is 3.04. The van der Waals surface area contributed by atoms with Gasteiger partial charge >= 0.3 is 0 Å². The van der Waals surface area contributed by atoms with E-state index in [1.54, 1.807) is 0 Å². The maximum Gasteiger partial charge on any atom is 0.230 e. The minimum atomic E-state index is 0.218. The molecule has 0 saturated heterocycles. The fraction of sp³-hybridized carbons (Fsp3) is 0.118. The van der Waals surface area contributed by atoms with Crippen molar-refractivity contribution in [3.05, 3.63) is 40.4 Å². The van der Waals surface area contributed by atoms with E-state index in [2.05, 4.69) is 4.98 Å². The van der Waals surface area contributed by atoms with Crippen LogP contribution in [-0.4, -0.2) is 18.6 Å². The Morgan fingerprint density at radius 1 is 0.833 bits per heavy atom. The van der Waals surface area contributed by atoms with Gasteiger partial charge in [-0.15, -0.1) is 11.3 Å². The highest BCUT2D eigenvalue weighted by Crippen LogP contribution is 2.45. The van der Waals surface area contributed by atoms with E-state index < -0.39 is 0 Å². The van der Waals surface area contributed by atoms with Gasteiger partial charge < -0.3 is 23.9 Å². The summed E-state index contributed by atoms with van der Waals surface area (Å²) in [6.45, 7) is 0.441. The first-order chi connectivity index (χ1) is 11.8. The van der Waals surface area contributed by atoms with Crippen molar-refractivity contribution >= 4 is 23.6 Å². The van der Waals surface area contributed by atoms with E-state index in [1.807, 2.05) is 36.4 Å². The second-order valence-electron chi connectivity index (χ2n) is 5.35. The topological polar surface area (TPSA) is 52.7 Å². The summed E-state index contributed by atoms with van der Waals surface area (Å²) in [5.41, 5.74) is 2.86. The third-order valence-electron chi connectivity index (χ3n) is 3.95. The number of aromatic nitrogens is 1. The third kappa shape index (κ3) is 2.16. The van der Waals surface area contributed by atoms with Crippen molar-refractivity contribution in [1.82, 2.24) is 4.98 Å². The van der Waals surface area contributed by atoms with Gasteiger partial charge in [0.25, 0.3) is 0 Å². The number of hydrogen-bond acceptors (Lipinski definition) is 6. The van der Waals surface area contributed by atoms with E-state index in [0.29, 0.717) is 3.95 Å². The molecule has 2 aliphatic heterocycles. The summed E-state index contributed by atoms with van der Waals surface area (Å²) in [4.78, 5) is 4.30. The van der Waals surface area contributed by atoms with Crippen LogP contribution in [0.25, 0.3) is 21.7 Å². The van der Waals surface area contributed by atoms with Crippen molar-refractivity contribution in [2.75, 3.05) is 13.6 Å². The molecule has 0 fully saturated rings. The molecule has 0 radical (unpaired) electrons. The van der Waals surface area contributed by atoms with Crippen LogP contribution in [-0.2, 0) is 0 Å². The zero-order chi connectivity index (χ0) is 16.1. The van der Waals surface area contributed by atoms with Crippen LogP contribution in [0.5, 0.6) is 23.0 Å². The molecule has 0 aliphatic carbocycles. The van der Waals surface area contributed by atoms with Gasteiger partial charge in [0.15, 0.2) is 3.95 Å². The molecule has 7 heteroatoms. The molecule has 0 unspecified atom stereocenters. The molecule has 120 valence electrons. The molecule has 3 aromatic rings. The lowest BCUT2D eigenvalue weighted by atomic mass is 10.0. The van der Waals surface area contributed by atoms with Crippen LogP contribution in [0, 0.1) is 3.95 Å². The van der Waals surface area contributed by atoms with E-state index in [1.165, 1.54) is 11.3 Å². The SMILES string of the molecule is S=c1[nH]c(-c2ccc3cc2OCO3)c(-c2ccc3cc2OCO3)s1. The molecule has 24 heavy (non-hydrogen) atoms. The molecule has 4 bridgehead atoms. The predicted octanol–water partition coefficient (Wildman–Crippen LogP) is 4.60. The van der Waals surface area contributed by atoms with Crippen LogP contribution < -0.4 is 18.9 Å². The van der Waals surface area contributed by atoms with Gasteiger partial charge in [-0.05, 0) is 36.5 Å². The summed E-state index contributed by atoms with van der Waals surface area (Å²) in [5, 5.41) is 0. The van der Waals surface area contributed by atoms with Gasteiger partial charge in [-0.1, -0.05) is 0 Å². The number of fused-ring (bicyclic) bond motifs is 4. The van der Waals surface area contributed by atoms with Crippen LogP contribution in [0.15, 0.2) is 36.4 Å². The predicted molar refractivity (Wildman–Crippen MR) is 92.6 cm³/mol. The quantitative estimate of drug-likeness (QED) is 0.680. The number of benzene rings is 2. The molecular weight excluding hydrogens is 346 g/mol. The molecule has 2 aromatic carbocycles. The Bertz CT molecular complexity index is 930. The fourth-order valence-electron chi connectivity index (χ4n) is 2.85. The average Bonchev–Trinajstić information content (AvgIpc) is 2.97. The minimum absolute atomic E-state index is 0.218. The van der Waals surface area contributed by atoms with Crippen LogP contribution in [0.4, 0.5) is 0 Å². The van der Waals surface area contributed by atoms with E-state index in [-0.39, 0.29) is 13.6 Å². The number of ether oxygens (including phenoxy) is 4. The van der Waals surface area contributed by atoms with Gasteiger partial charge in [-0.25, -0.2) is 0 Å². The molecule has 0 amide bonds. The maximum absolute atomic E-state index is 5.64. The van der Waals surface area contributed by atoms with Crippen LogP contribution in [0.1, 0.15) is 0 Å². The summed E-state index contributed by atoms with van der Waals surface area (Å²) in [6, 6.07) is 11.6. The molecule has 2 aliphatic rings. The largest absolute Gasteiger partial charge is 0.457 e. The third-order valence-corrected chi connectivity index (χ3v) is 5.22. The summed E-state index contributed by atoms with van der Waals surface area (Å²) in [6.07, 6.45) is 0. The monoisotopic (exact) mass is 357 g/mol. The molecule has 3 heterocycles. The summed E-state index contributed by atoms with van der Waals surface area (Å²) in [7, 11) is 0. The number of rotatable bonds is 2. The van der Waals surface area contributed by atoms with Crippen LogP contribution in [0.3, 0.4) is 0 Å². The highest BCUT2D eigenvalue weighted by molar-refractivity contribution is 7.73. The van der Waals surface area contributed by atoms with E-state index >= 15 is 0 Å². The van der Waals surface area contributed by atoms with Gasteiger partial charge in [-0.2, -0.15) is 0 Å². The zero-order valence-corrected chi connectivity index (χ0v) is 14.0. The second kappa shape index (κ2) is 5.25. The normalized spacial score (nSPS) is 14.2. The van der Waals surface area contributed by atoms with Crippen molar-refractivity contribution in [1.29, 1.82) is 0 Å². The smallest absolute Gasteiger partial charge is 0.230 e. The maximum atomic E-state index is 5.64. The molecule has 1 N–H and O–H groups in total. The highest BCUT2D eigenvalue weighted by atomic mass is 32.1.